The fourth-order valence-electron chi connectivity index (χ4n) is 4.94. The number of carbonyl (C=O) groups excluding carboxylic acids is 2. The first-order valence-corrected chi connectivity index (χ1v) is 12.8. The molecule has 0 N–H and O–H groups in total. The van der Waals surface area contributed by atoms with E-state index in [1.807, 2.05) is 19.9 Å². The quantitative estimate of drug-likeness (QED) is 0.639. The van der Waals surface area contributed by atoms with Gasteiger partial charge in [0.05, 0.1) is 35.2 Å². The van der Waals surface area contributed by atoms with Crippen LogP contribution in [0.1, 0.15) is 49.2 Å². The average molecular weight is 483 g/mol. The molecule has 0 radical (unpaired) electrons. The van der Waals surface area contributed by atoms with Gasteiger partial charge in [-0.2, -0.15) is 0 Å². The summed E-state index contributed by atoms with van der Waals surface area (Å²) in [6.45, 7) is 6.96. The maximum absolute atomic E-state index is 13.3. The van der Waals surface area contributed by atoms with Gasteiger partial charge in [0.25, 0.3) is 5.91 Å². The number of fused-ring (bicyclic) bond motifs is 1. The number of carbonyl (C=O) groups is 2. The van der Waals surface area contributed by atoms with Gasteiger partial charge in [0, 0.05) is 19.3 Å². The normalized spacial score (nSPS) is 23.9. The number of sulfonamides is 1. The molecule has 1 aromatic heterocycles. The van der Waals surface area contributed by atoms with Crippen LogP contribution in [-0.2, 0) is 21.4 Å². The van der Waals surface area contributed by atoms with Crippen LogP contribution in [0.3, 0.4) is 0 Å². The molecule has 1 aromatic rings. The Morgan fingerprint density at radius 3 is 2.44 bits per heavy atom. The van der Waals surface area contributed by atoms with E-state index in [1.54, 1.807) is 23.2 Å². The van der Waals surface area contributed by atoms with Gasteiger partial charge in [-0.1, -0.05) is 20.3 Å². The molecule has 2 saturated heterocycles. The zero-order valence-electron chi connectivity index (χ0n) is 18.7. The van der Waals surface area contributed by atoms with Crippen molar-refractivity contribution in [2.45, 2.75) is 45.7 Å². The minimum absolute atomic E-state index is 0. The number of piperidine rings is 1. The van der Waals surface area contributed by atoms with Crippen LogP contribution in [0.2, 0.25) is 0 Å². The number of nitrogens with zero attached hydrogens (tertiary/aromatic N) is 4. The standard InChI is InChI=1S/C22H30N4O4S.ClH/c1-15(2)19-20-18(26(22(19)28)31(3,29)30)9-12-25(20)21(27)16-7-8-17(23-13-16)14-24-10-5-4-6-11-24;/h7-9,13,15,19-20H,4-6,10-12,14H2,1-3H3;1H/t19-,20+;/m1./s1. The number of rotatable bonds is 5. The lowest BCUT2D eigenvalue weighted by Crippen LogP contribution is -2.43. The van der Waals surface area contributed by atoms with Crippen molar-refractivity contribution in [1.29, 1.82) is 0 Å². The molecule has 0 aromatic carbocycles. The van der Waals surface area contributed by atoms with Crippen molar-refractivity contribution in [3.8, 4) is 0 Å². The van der Waals surface area contributed by atoms with Gasteiger partial charge in [0.1, 0.15) is 0 Å². The zero-order valence-corrected chi connectivity index (χ0v) is 20.4. The highest BCUT2D eigenvalue weighted by molar-refractivity contribution is 7.89. The summed E-state index contributed by atoms with van der Waals surface area (Å²) in [7, 11) is -3.75. The Bertz CT molecular complexity index is 1000. The molecule has 0 bridgehead atoms. The van der Waals surface area contributed by atoms with Crippen LogP contribution in [0.15, 0.2) is 30.1 Å². The monoisotopic (exact) mass is 482 g/mol. The molecule has 2 atom stereocenters. The highest BCUT2D eigenvalue weighted by Crippen LogP contribution is 2.41. The van der Waals surface area contributed by atoms with Crippen LogP contribution in [0.4, 0.5) is 0 Å². The number of amides is 2. The molecule has 8 nitrogen and oxygen atoms in total. The van der Waals surface area contributed by atoms with Gasteiger partial charge >= 0.3 is 0 Å². The Balaban J connectivity index is 0.00000289. The second kappa shape index (κ2) is 9.49. The summed E-state index contributed by atoms with van der Waals surface area (Å²) in [5, 5.41) is 0. The third-order valence-electron chi connectivity index (χ3n) is 6.41. The van der Waals surface area contributed by atoms with E-state index in [0.29, 0.717) is 11.3 Å². The van der Waals surface area contributed by atoms with Crippen molar-refractivity contribution in [1.82, 2.24) is 19.1 Å². The fourth-order valence-corrected chi connectivity index (χ4v) is 5.95. The molecule has 3 aliphatic heterocycles. The Morgan fingerprint density at radius 1 is 1.19 bits per heavy atom. The van der Waals surface area contributed by atoms with Crippen molar-refractivity contribution in [2.24, 2.45) is 11.8 Å². The molecule has 0 unspecified atom stereocenters. The van der Waals surface area contributed by atoms with Crippen LogP contribution in [0.5, 0.6) is 0 Å². The van der Waals surface area contributed by atoms with Crippen molar-refractivity contribution in [3.63, 3.8) is 0 Å². The van der Waals surface area contributed by atoms with Gasteiger partial charge in [0.15, 0.2) is 0 Å². The molecule has 4 rings (SSSR count). The van der Waals surface area contributed by atoms with Gasteiger partial charge in [-0.15, -0.1) is 12.4 Å². The smallest absolute Gasteiger partial charge is 0.256 e. The Labute approximate surface area is 196 Å². The molecule has 10 heteroatoms. The highest BCUT2D eigenvalue weighted by atomic mass is 35.5. The van der Waals surface area contributed by atoms with Crippen LogP contribution >= 0.6 is 12.4 Å². The fraction of sp³-hybridized carbons (Fsp3) is 0.591. The molecule has 3 aliphatic rings. The first kappa shape index (κ1) is 24.7. The summed E-state index contributed by atoms with van der Waals surface area (Å²) < 4.78 is 25.4. The van der Waals surface area contributed by atoms with Gasteiger partial charge < -0.3 is 4.90 Å². The van der Waals surface area contributed by atoms with Crippen molar-refractivity contribution >= 4 is 34.2 Å². The van der Waals surface area contributed by atoms with Crippen LogP contribution < -0.4 is 0 Å². The topological polar surface area (TPSA) is 90.9 Å². The molecule has 176 valence electrons. The molecule has 2 amide bonds. The predicted octanol–water partition coefficient (Wildman–Crippen LogP) is 2.27. The number of hydrogen-bond donors (Lipinski definition) is 0. The second-order valence-corrected chi connectivity index (χ2v) is 10.9. The van der Waals surface area contributed by atoms with E-state index in [4.69, 9.17) is 0 Å². The van der Waals surface area contributed by atoms with Gasteiger partial charge in [0.2, 0.25) is 15.9 Å². The minimum Gasteiger partial charge on any atom is -0.325 e. The third kappa shape index (κ3) is 4.56. The number of halogens is 1. The van der Waals surface area contributed by atoms with Gasteiger partial charge in [-0.25, -0.2) is 12.7 Å². The number of likely N-dealkylation sites (tertiary alicyclic amines) is 1. The lowest BCUT2D eigenvalue weighted by Gasteiger charge is -2.29. The molecule has 0 aliphatic carbocycles. The van der Waals surface area contributed by atoms with E-state index in [0.717, 1.165) is 35.9 Å². The summed E-state index contributed by atoms with van der Waals surface area (Å²) >= 11 is 0. The zero-order chi connectivity index (χ0) is 22.3. The summed E-state index contributed by atoms with van der Waals surface area (Å²) in [6.07, 6.45) is 8.00. The predicted molar refractivity (Wildman–Crippen MR) is 124 cm³/mol. The molecule has 2 fully saturated rings. The second-order valence-electron chi connectivity index (χ2n) is 9.04. The summed E-state index contributed by atoms with van der Waals surface area (Å²) in [6, 6.07) is 3.10. The molecule has 0 saturated carbocycles. The van der Waals surface area contributed by atoms with Crippen molar-refractivity contribution in [2.75, 3.05) is 25.9 Å². The maximum Gasteiger partial charge on any atom is 0.256 e. The third-order valence-corrected chi connectivity index (χ3v) is 7.47. The van der Waals surface area contributed by atoms with E-state index in [-0.39, 0.29) is 30.8 Å². The Hall–Kier alpha value is -1.97. The summed E-state index contributed by atoms with van der Waals surface area (Å²) in [4.78, 5) is 34.7. The first-order chi connectivity index (χ1) is 14.7. The van der Waals surface area contributed by atoms with Crippen molar-refractivity contribution in [3.05, 3.63) is 41.4 Å². The summed E-state index contributed by atoms with van der Waals surface area (Å²) in [5.41, 5.74) is 1.78. The van der Waals surface area contributed by atoms with Crippen LogP contribution in [-0.4, -0.2) is 71.3 Å². The lowest BCUT2D eigenvalue weighted by molar-refractivity contribution is -0.128. The average Bonchev–Trinajstić information content (AvgIpc) is 3.24. The largest absolute Gasteiger partial charge is 0.325 e. The van der Waals surface area contributed by atoms with E-state index in [2.05, 4.69) is 9.88 Å². The van der Waals surface area contributed by atoms with E-state index < -0.39 is 27.9 Å². The number of aromatic nitrogens is 1. The lowest BCUT2D eigenvalue weighted by atomic mass is 9.89. The van der Waals surface area contributed by atoms with Gasteiger partial charge in [-0.3, -0.25) is 19.5 Å². The highest BCUT2D eigenvalue weighted by Gasteiger charge is 2.54. The van der Waals surface area contributed by atoms with Gasteiger partial charge in [-0.05, 0) is 50.1 Å². The number of hydrogen-bond acceptors (Lipinski definition) is 6. The van der Waals surface area contributed by atoms with Crippen molar-refractivity contribution < 1.29 is 18.0 Å². The Morgan fingerprint density at radius 2 is 1.88 bits per heavy atom. The van der Waals surface area contributed by atoms with E-state index in [1.165, 1.54) is 19.3 Å². The molecular formula is C22H31ClN4O4S. The molecular weight excluding hydrogens is 452 g/mol. The van der Waals surface area contributed by atoms with Crippen LogP contribution in [0.25, 0.3) is 0 Å². The minimum atomic E-state index is -3.75. The molecule has 4 heterocycles. The first-order valence-electron chi connectivity index (χ1n) is 10.9. The number of pyridine rings is 1. The Kier molecular flexibility index (Phi) is 7.31. The van der Waals surface area contributed by atoms with Crippen LogP contribution in [0, 0.1) is 11.8 Å². The van der Waals surface area contributed by atoms with E-state index >= 15 is 0 Å². The van der Waals surface area contributed by atoms with E-state index in [9.17, 15) is 18.0 Å². The molecule has 0 spiro atoms. The SMILES string of the molecule is CC(C)[C@H]1C(=O)N(S(C)(=O)=O)C2=CCN(C(=O)c3ccc(CN4CCCCC4)nc3)[C@@H]21.Cl. The molecule has 32 heavy (non-hydrogen) atoms. The maximum atomic E-state index is 13.3. The summed E-state index contributed by atoms with van der Waals surface area (Å²) in [5.74, 6) is -1.38.